The van der Waals surface area contributed by atoms with Crippen LogP contribution in [0.3, 0.4) is 0 Å². The summed E-state index contributed by atoms with van der Waals surface area (Å²) in [7, 11) is 0. The maximum absolute atomic E-state index is 2.35. The van der Waals surface area contributed by atoms with Crippen LogP contribution in [0.15, 0.2) is 12.2 Å². The molecule has 1 rings (SSSR count). The van der Waals surface area contributed by atoms with Crippen molar-refractivity contribution >= 4 is 0 Å². The third-order valence-corrected chi connectivity index (χ3v) is 2.66. The number of hydrogen-bond acceptors (Lipinski definition) is 0. The van der Waals surface area contributed by atoms with Gasteiger partial charge in [-0.25, -0.2) is 0 Å². The lowest BCUT2D eigenvalue weighted by atomic mass is 9.67. The van der Waals surface area contributed by atoms with Crippen LogP contribution in [0.1, 0.15) is 27.2 Å². The van der Waals surface area contributed by atoms with Crippen LogP contribution >= 0.6 is 0 Å². The first-order valence-electron chi connectivity index (χ1n) is 3.88. The maximum Gasteiger partial charge on any atom is -0.0203 e. The van der Waals surface area contributed by atoms with E-state index in [4.69, 9.17) is 0 Å². The van der Waals surface area contributed by atoms with E-state index in [1.807, 2.05) is 0 Å². The van der Waals surface area contributed by atoms with Gasteiger partial charge in [-0.3, -0.25) is 0 Å². The van der Waals surface area contributed by atoms with Crippen molar-refractivity contribution < 1.29 is 0 Å². The highest BCUT2D eigenvalue weighted by molar-refractivity contribution is 4.97. The van der Waals surface area contributed by atoms with Crippen LogP contribution in [0.2, 0.25) is 0 Å². The molecule has 0 aromatic carbocycles. The largest absolute Gasteiger partial charge is 0.0914 e. The summed E-state index contributed by atoms with van der Waals surface area (Å²) in [5.74, 6) is 2.79. The van der Waals surface area contributed by atoms with Gasteiger partial charge in [0.1, 0.15) is 0 Å². The molecule has 0 aromatic heterocycles. The van der Waals surface area contributed by atoms with Crippen LogP contribution in [0.25, 0.3) is 0 Å². The zero-order valence-corrected chi connectivity index (χ0v) is 6.59. The van der Waals surface area contributed by atoms with Gasteiger partial charge in [0.2, 0.25) is 0 Å². The van der Waals surface area contributed by atoms with Crippen LogP contribution in [-0.2, 0) is 0 Å². The molecule has 0 N–H and O–H groups in total. The molecule has 0 heterocycles. The van der Waals surface area contributed by atoms with Gasteiger partial charge in [-0.2, -0.15) is 0 Å². The van der Waals surface area contributed by atoms with Crippen LogP contribution in [-0.4, -0.2) is 0 Å². The SMILES string of the molecule is C/C=C/C1CC(C)C1C. The first-order valence-corrected chi connectivity index (χ1v) is 3.88. The fraction of sp³-hybridized carbons (Fsp3) is 0.778. The lowest BCUT2D eigenvalue weighted by Gasteiger charge is -2.39. The quantitative estimate of drug-likeness (QED) is 0.471. The summed E-state index contributed by atoms with van der Waals surface area (Å²) in [6, 6.07) is 0. The molecule has 1 fully saturated rings. The van der Waals surface area contributed by atoms with Crippen molar-refractivity contribution in [1.29, 1.82) is 0 Å². The monoisotopic (exact) mass is 124 g/mol. The topological polar surface area (TPSA) is 0 Å². The first kappa shape index (κ1) is 6.85. The minimum absolute atomic E-state index is 0.894. The van der Waals surface area contributed by atoms with E-state index < -0.39 is 0 Å². The Morgan fingerprint density at radius 2 is 2.00 bits per heavy atom. The summed E-state index contributed by atoms with van der Waals surface area (Å²) >= 11 is 0. The smallest absolute Gasteiger partial charge is 0.0203 e. The standard InChI is InChI=1S/C9H16/c1-4-5-9-6-7(2)8(9)3/h4-5,7-9H,6H2,1-3H3/b5-4+. The van der Waals surface area contributed by atoms with Gasteiger partial charge in [0.15, 0.2) is 0 Å². The second kappa shape index (κ2) is 2.55. The molecule has 0 amide bonds. The molecular formula is C9H16. The van der Waals surface area contributed by atoms with Crippen LogP contribution in [0.5, 0.6) is 0 Å². The van der Waals surface area contributed by atoms with Gasteiger partial charge < -0.3 is 0 Å². The summed E-state index contributed by atoms with van der Waals surface area (Å²) in [5, 5.41) is 0. The molecule has 0 aliphatic heterocycles. The number of hydrogen-bond donors (Lipinski definition) is 0. The average molecular weight is 124 g/mol. The van der Waals surface area contributed by atoms with Crippen LogP contribution in [0.4, 0.5) is 0 Å². The summed E-state index contributed by atoms with van der Waals surface area (Å²) in [5.41, 5.74) is 0. The fourth-order valence-corrected chi connectivity index (χ4v) is 1.59. The van der Waals surface area contributed by atoms with E-state index in [2.05, 4.69) is 32.9 Å². The molecule has 1 aliphatic carbocycles. The van der Waals surface area contributed by atoms with Crippen molar-refractivity contribution in [3.8, 4) is 0 Å². The molecule has 0 heteroatoms. The van der Waals surface area contributed by atoms with Crippen molar-refractivity contribution in [3.63, 3.8) is 0 Å². The minimum Gasteiger partial charge on any atom is -0.0914 e. The van der Waals surface area contributed by atoms with E-state index in [1.54, 1.807) is 0 Å². The molecule has 0 nitrogen and oxygen atoms in total. The molecule has 0 spiro atoms. The predicted molar refractivity (Wildman–Crippen MR) is 41.2 cm³/mol. The molecule has 3 unspecified atom stereocenters. The van der Waals surface area contributed by atoms with Gasteiger partial charge in [0.05, 0.1) is 0 Å². The van der Waals surface area contributed by atoms with E-state index in [-0.39, 0.29) is 0 Å². The Kier molecular flexibility index (Phi) is 1.94. The van der Waals surface area contributed by atoms with Gasteiger partial charge >= 0.3 is 0 Å². The van der Waals surface area contributed by atoms with E-state index in [0.717, 1.165) is 17.8 Å². The van der Waals surface area contributed by atoms with Gasteiger partial charge in [0, 0.05) is 0 Å². The Morgan fingerprint density at radius 3 is 2.33 bits per heavy atom. The van der Waals surface area contributed by atoms with Gasteiger partial charge in [0.25, 0.3) is 0 Å². The molecule has 52 valence electrons. The zero-order chi connectivity index (χ0) is 6.85. The minimum atomic E-state index is 0.894. The Labute approximate surface area is 58.0 Å². The van der Waals surface area contributed by atoms with Crippen molar-refractivity contribution in [3.05, 3.63) is 12.2 Å². The highest BCUT2D eigenvalue weighted by Crippen LogP contribution is 2.40. The molecule has 0 saturated heterocycles. The Balaban J connectivity index is 2.33. The third kappa shape index (κ3) is 1.17. The maximum atomic E-state index is 2.35. The average Bonchev–Trinajstić information content (AvgIpc) is 1.88. The number of rotatable bonds is 1. The molecular weight excluding hydrogens is 108 g/mol. The van der Waals surface area contributed by atoms with Crippen molar-refractivity contribution in [2.45, 2.75) is 27.2 Å². The first-order chi connectivity index (χ1) is 4.25. The summed E-state index contributed by atoms with van der Waals surface area (Å²) in [6.07, 6.45) is 5.92. The van der Waals surface area contributed by atoms with Gasteiger partial charge in [-0.05, 0) is 31.1 Å². The molecule has 1 saturated carbocycles. The summed E-state index contributed by atoms with van der Waals surface area (Å²) in [6.45, 7) is 6.79. The van der Waals surface area contributed by atoms with E-state index in [9.17, 15) is 0 Å². The normalized spacial score (nSPS) is 43.2. The Morgan fingerprint density at radius 1 is 1.33 bits per heavy atom. The lowest BCUT2D eigenvalue weighted by Crippen LogP contribution is -2.30. The van der Waals surface area contributed by atoms with E-state index >= 15 is 0 Å². The second-order valence-corrected chi connectivity index (χ2v) is 3.26. The van der Waals surface area contributed by atoms with Crippen molar-refractivity contribution in [1.82, 2.24) is 0 Å². The van der Waals surface area contributed by atoms with E-state index in [1.165, 1.54) is 6.42 Å². The van der Waals surface area contributed by atoms with Crippen molar-refractivity contribution in [2.24, 2.45) is 17.8 Å². The molecule has 9 heavy (non-hydrogen) atoms. The van der Waals surface area contributed by atoms with Gasteiger partial charge in [-0.15, -0.1) is 0 Å². The van der Waals surface area contributed by atoms with Crippen LogP contribution < -0.4 is 0 Å². The summed E-state index contributed by atoms with van der Waals surface area (Å²) < 4.78 is 0. The Hall–Kier alpha value is -0.260. The van der Waals surface area contributed by atoms with Gasteiger partial charge in [-0.1, -0.05) is 26.0 Å². The molecule has 0 aromatic rings. The van der Waals surface area contributed by atoms with Crippen LogP contribution in [0, 0.1) is 17.8 Å². The summed E-state index contributed by atoms with van der Waals surface area (Å²) in [4.78, 5) is 0. The third-order valence-electron chi connectivity index (χ3n) is 2.66. The fourth-order valence-electron chi connectivity index (χ4n) is 1.59. The lowest BCUT2D eigenvalue weighted by molar-refractivity contribution is 0.145. The highest BCUT2D eigenvalue weighted by atomic mass is 14.4. The Bertz CT molecular complexity index is 113. The zero-order valence-electron chi connectivity index (χ0n) is 6.59. The molecule has 3 atom stereocenters. The van der Waals surface area contributed by atoms with E-state index in [0.29, 0.717) is 0 Å². The highest BCUT2D eigenvalue weighted by Gasteiger charge is 2.31. The van der Waals surface area contributed by atoms with Crippen molar-refractivity contribution in [2.75, 3.05) is 0 Å². The number of allylic oxidation sites excluding steroid dienone is 2. The second-order valence-electron chi connectivity index (χ2n) is 3.26. The molecule has 0 radical (unpaired) electrons. The molecule has 0 bridgehead atoms. The predicted octanol–water partition coefficient (Wildman–Crippen LogP) is 2.85. The molecule has 1 aliphatic rings.